The fourth-order valence-electron chi connectivity index (χ4n) is 5.27. The Balaban J connectivity index is 0.0000109. The van der Waals surface area contributed by atoms with Crippen LogP contribution in [0.5, 0.6) is 0 Å². The zero-order chi connectivity index (χ0) is 23.9. The molecule has 198 valence electrons. The summed E-state index contributed by atoms with van der Waals surface area (Å²) < 4.78 is 1.23. The van der Waals surface area contributed by atoms with Crippen molar-refractivity contribution in [3.63, 3.8) is 0 Å². The lowest BCUT2D eigenvalue weighted by atomic mass is 10.0. The Morgan fingerprint density at radius 1 is 0.559 bits per heavy atom. The predicted molar refractivity (Wildman–Crippen MR) is 152 cm³/mol. The second-order valence-corrected chi connectivity index (χ2v) is 10.4. The first kappa shape index (κ1) is 33.2. The molecule has 34 heavy (non-hydrogen) atoms. The minimum absolute atomic E-state index is 0. The predicted octanol–water partition coefficient (Wildman–Crippen LogP) is 7.64. The van der Waals surface area contributed by atoms with Crippen LogP contribution in [0.1, 0.15) is 136 Å². The van der Waals surface area contributed by atoms with Gasteiger partial charge in [0.15, 0.2) is 0 Å². The van der Waals surface area contributed by atoms with E-state index < -0.39 is 0 Å². The quantitative estimate of drug-likeness (QED) is 0.0791. The maximum atomic E-state index is 3.85. The molecule has 0 spiro atoms. The molecule has 0 heterocycles. The van der Waals surface area contributed by atoms with Crippen molar-refractivity contribution < 1.29 is 12.4 Å². The minimum atomic E-state index is 0. The van der Waals surface area contributed by atoms with Gasteiger partial charge in [-0.25, -0.2) is 0 Å². The highest BCUT2D eigenvalue weighted by molar-refractivity contribution is 5.42. The maximum Gasteiger partial charge on any atom is 0.132 e. The molecule has 0 saturated carbocycles. The van der Waals surface area contributed by atoms with Crippen LogP contribution in [0.2, 0.25) is 0 Å². The monoisotopic (exact) mass is 491 g/mol. The van der Waals surface area contributed by atoms with Gasteiger partial charge >= 0.3 is 0 Å². The first-order valence-electron chi connectivity index (χ1n) is 14.8. The van der Waals surface area contributed by atoms with Gasteiger partial charge in [0.05, 0.1) is 19.6 Å². The number of benzene rings is 1. The summed E-state index contributed by atoms with van der Waals surface area (Å²) >= 11 is 0. The van der Waals surface area contributed by atoms with Gasteiger partial charge in [-0.1, -0.05) is 109 Å². The molecule has 0 radical (unpaired) electrons. The number of rotatable bonds is 24. The molecule has 0 N–H and O–H groups in total. The van der Waals surface area contributed by atoms with E-state index in [0.29, 0.717) is 0 Å². The summed E-state index contributed by atoms with van der Waals surface area (Å²) in [4.78, 5) is 0. The molecule has 2 heteroatoms. The summed E-state index contributed by atoms with van der Waals surface area (Å²) in [5.41, 5.74) is 1.57. The minimum Gasteiger partial charge on any atom is -1.00 e. The average Bonchev–Trinajstić information content (AvgIpc) is 2.85. The number of allylic oxidation sites excluding steroid dienone is 1. The number of nitrogens with zero attached hydrogens (tertiary/aromatic N) is 1. The topological polar surface area (TPSA) is 0 Å². The van der Waals surface area contributed by atoms with E-state index in [4.69, 9.17) is 0 Å². The number of hydrogen-bond acceptors (Lipinski definition) is 0. The summed E-state index contributed by atoms with van der Waals surface area (Å²) in [6.45, 7) is 12.5. The van der Waals surface area contributed by atoms with Gasteiger partial charge < -0.3 is 12.4 Å². The van der Waals surface area contributed by atoms with Crippen LogP contribution >= 0.6 is 0 Å². The van der Waals surface area contributed by atoms with Crippen molar-refractivity contribution in [1.29, 1.82) is 0 Å². The van der Waals surface area contributed by atoms with E-state index in [0.717, 1.165) is 0 Å². The molecule has 0 atom stereocenters. The average molecular weight is 492 g/mol. The van der Waals surface area contributed by atoms with Crippen molar-refractivity contribution in [2.24, 2.45) is 0 Å². The van der Waals surface area contributed by atoms with Gasteiger partial charge in [0.2, 0.25) is 0 Å². The summed E-state index contributed by atoms with van der Waals surface area (Å²) in [7, 11) is 0. The van der Waals surface area contributed by atoms with Crippen LogP contribution < -0.4 is 16.9 Å². The highest BCUT2D eigenvalue weighted by atomic mass is 35.5. The third-order valence-corrected chi connectivity index (χ3v) is 7.43. The summed E-state index contributed by atoms with van der Waals surface area (Å²) in [6, 6.07) is 11.6. The largest absolute Gasteiger partial charge is 1.00 e. The van der Waals surface area contributed by atoms with Gasteiger partial charge in [0.1, 0.15) is 5.69 Å². The summed E-state index contributed by atoms with van der Waals surface area (Å²) in [6.07, 6.45) is 28.3. The molecule has 1 rings (SSSR count). The molecular weight excluding hydrogens is 434 g/mol. The summed E-state index contributed by atoms with van der Waals surface area (Å²) in [5.74, 6) is 0. The van der Waals surface area contributed by atoms with E-state index >= 15 is 0 Å². The number of halogens is 1. The second-order valence-electron chi connectivity index (χ2n) is 10.4. The lowest BCUT2D eigenvalue weighted by molar-refractivity contribution is -0.00000720. The molecule has 0 amide bonds. The maximum absolute atomic E-state index is 3.85. The Labute approximate surface area is 220 Å². The van der Waals surface area contributed by atoms with Gasteiger partial charge in [-0.2, -0.15) is 0 Å². The highest BCUT2D eigenvalue weighted by Crippen LogP contribution is 2.27. The fraction of sp³-hybridized carbons (Fsp3) is 0.750. The van der Waals surface area contributed by atoms with Crippen molar-refractivity contribution in [1.82, 2.24) is 4.48 Å². The van der Waals surface area contributed by atoms with E-state index in [1.165, 1.54) is 146 Å². The zero-order valence-electron chi connectivity index (χ0n) is 23.1. The molecule has 0 saturated heterocycles. The SMILES string of the molecule is C=CCCCCCCCC[N+](CCCCCCCC)(CCCCCCCC)c1ccccc1.[Cl-]. The Morgan fingerprint density at radius 3 is 1.35 bits per heavy atom. The number of unbranched alkanes of at least 4 members (excludes halogenated alkanes) is 16. The van der Waals surface area contributed by atoms with Gasteiger partial charge in [0.25, 0.3) is 0 Å². The highest BCUT2D eigenvalue weighted by Gasteiger charge is 2.29. The molecular formula is C32H58ClN. The summed E-state index contributed by atoms with van der Waals surface area (Å²) in [5, 5.41) is 0. The Hall–Kier alpha value is -0.790. The number of quaternary nitrogens is 1. The van der Waals surface area contributed by atoms with E-state index in [1.807, 2.05) is 0 Å². The molecule has 0 unspecified atom stereocenters. The van der Waals surface area contributed by atoms with Crippen LogP contribution in [0.3, 0.4) is 0 Å². The molecule has 0 aliphatic carbocycles. The smallest absolute Gasteiger partial charge is 0.132 e. The first-order chi connectivity index (χ1) is 16.3. The molecule has 0 bridgehead atoms. The third kappa shape index (κ3) is 16.0. The molecule has 0 aromatic heterocycles. The Bertz CT molecular complexity index is 525. The molecule has 1 aromatic carbocycles. The van der Waals surface area contributed by atoms with E-state index in [-0.39, 0.29) is 12.4 Å². The van der Waals surface area contributed by atoms with Crippen LogP contribution in [0.4, 0.5) is 5.69 Å². The Morgan fingerprint density at radius 2 is 0.941 bits per heavy atom. The third-order valence-electron chi connectivity index (χ3n) is 7.43. The van der Waals surface area contributed by atoms with Gasteiger partial charge in [-0.05, 0) is 63.5 Å². The fourth-order valence-corrected chi connectivity index (χ4v) is 5.27. The number of para-hydroxylation sites is 1. The molecule has 0 fully saturated rings. The normalized spacial score (nSPS) is 11.4. The van der Waals surface area contributed by atoms with Crippen molar-refractivity contribution in [2.75, 3.05) is 19.6 Å². The molecule has 0 aliphatic heterocycles. The molecule has 1 aromatic rings. The van der Waals surface area contributed by atoms with E-state index in [1.54, 1.807) is 5.69 Å². The van der Waals surface area contributed by atoms with Gasteiger partial charge in [0, 0.05) is 0 Å². The number of hydrogen-bond donors (Lipinski definition) is 0. The van der Waals surface area contributed by atoms with Crippen LogP contribution in [-0.2, 0) is 0 Å². The van der Waals surface area contributed by atoms with Gasteiger partial charge in [-0.15, -0.1) is 6.58 Å². The lowest BCUT2D eigenvalue weighted by Gasteiger charge is -2.39. The van der Waals surface area contributed by atoms with Crippen molar-refractivity contribution in [2.45, 2.75) is 136 Å². The van der Waals surface area contributed by atoms with Gasteiger partial charge in [-0.3, -0.25) is 4.48 Å². The van der Waals surface area contributed by atoms with Crippen LogP contribution in [0.15, 0.2) is 43.0 Å². The van der Waals surface area contributed by atoms with Crippen LogP contribution in [0.25, 0.3) is 0 Å². The van der Waals surface area contributed by atoms with Crippen molar-refractivity contribution in [3.05, 3.63) is 43.0 Å². The van der Waals surface area contributed by atoms with Crippen molar-refractivity contribution in [3.8, 4) is 0 Å². The van der Waals surface area contributed by atoms with Crippen LogP contribution in [0, 0.1) is 0 Å². The Kier molecular flexibility index (Phi) is 23.4. The first-order valence-corrected chi connectivity index (χ1v) is 14.8. The van der Waals surface area contributed by atoms with E-state index in [9.17, 15) is 0 Å². The van der Waals surface area contributed by atoms with Crippen LogP contribution in [-0.4, -0.2) is 19.6 Å². The zero-order valence-corrected chi connectivity index (χ0v) is 23.8. The lowest BCUT2D eigenvalue weighted by Crippen LogP contribution is -3.00. The standard InChI is InChI=1S/C32H58N.ClH/c1-4-7-10-13-16-17-20-26-31-33(32-27-22-21-23-28-32,29-24-18-14-11-8-5-2)30-25-19-15-12-9-6-3;/h4,21-23,27-28H,1,5-20,24-26,29-31H2,2-3H3;1H/q+1;/p-1. The van der Waals surface area contributed by atoms with E-state index in [2.05, 4.69) is 56.8 Å². The van der Waals surface area contributed by atoms with Crippen molar-refractivity contribution >= 4 is 5.69 Å². The molecule has 1 nitrogen and oxygen atoms in total. The second kappa shape index (κ2) is 23.9. The molecule has 0 aliphatic rings.